The molecular weight excluding hydrogens is 466 g/mol. The molecule has 5 rings (SSSR count). The first-order valence-corrected chi connectivity index (χ1v) is 12.7. The zero-order chi connectivity index (χ0) is 24.6. The summed E-state index contributed by atoms with van der Waals surface area (Å²) in [7, 11) is -1.61. The first-order valence-electron chi connectivity index (χ1n) is 11.3. The highest BCUT2D eigenvalue weighted by atomic mass is 32.2. The van der Waals surface area contributed by atoms with Gasteiger partial charge in [-0.3, -0.25) is 4.79 Å². The van der Waals surface area contributed by atoms with Crippen molar-refractivity contribution in [2.45, 2.75) is 11.8 Å². The largest absolute Gasteiger partial charge is 0.335 e. The summed E-state index contributed by atoms with van der Waals surface area (Å²) in [6.07, 6.45) is 0. The number of aryl methyl sites for hydroxylation is 1. The molecule has 1 fully saturated rings. The van der Waals surface area contributed by atoms with Crippen LogP contribution in [0.25, 0.3) is 22.4 Å². The van der Waals surface area contributed by atoms with Gasteiger partial charge in [-0.1, -0.05) is 35.5 Å². The molecule has 9 nitrogen and oxygen atoms in total. The van der Waals surface area contributed by atoms with Crippen molar-refractivity contribution in [3.8, 4) is 11.3 Å². The molecule has 4 aromatic rings. The second-order valence-electron chi connectivity index (χ2n) is 8.56. The molecule has 1 saturated heterocycles. The van der Waals surface area contributed by atoms with Gasteiger partial charge < -0.3 is 14.7 Å². The molecule has 180 valence electrons. The molecule has 3 heterocycles. The lowest BCUT2D eigenvalue weighted by atomic mass is 10.1. The van der Waals surface area contributed by atoms with Crippen molar-refractivity contribution in [1.82, 2.24) is 19.3 Å². The van der Waals surface area contributed by atoms with Crippen molar-refractivity contribution in [3.05, 3.63) is 71.9 Å². The average molecular weight is 492 g/mol. The number of nitrogens with zero attached hydrogens (tertiary/aromatic N) is 4. The number of carbonyl (C=O) groups is 1. The number of aromatic nitrogens is 2. The number of likely N-dealkylation sites (N-methyl/N-ethyl adjacent to an activating group) is 1. The molecule has 1 aliphatic heterocycles. The van der Waals surface area contributed by atoms with Crippen LogP contribution < -0.4 is 5.32 Å². The van der Waals surface area contributed by atoms with Crippen LogP contribution in [-0.2, 0) is 10.0 Å². The topological polar surface area (TPSA) is 109 Å². The van der Waals surface area contributed by atoms with Crippen LogP contribution in [0, 0.1) is 6.92 Å². The number of amides is 1. The third-order valence-electron chi connectivity index (χ3n) is 6.14. The molecule has 2 aromatic heterocycles. The van der Waals surface area contributed by atoms with E-state index in [0.29, 0.717) is 54.2 Å². The van der Waals surface area contributed by atoms with Crippen molar-refractivity contribution in [1.29, 1.82) is 0 Å². The Morgan fingerprint density at radius 1 is 1.00 bits per heavy atom. The summed E-state index contributed by atoms with van der Waals surface area (Å²) in [5.41, 5.74) is 3.13. The highest BCUT2D eigenvalue weighted by Crippen LogP contribution is 2.28. The van der Waals surface area contributed by atoms with E-state index in [2.05, 4.69) is 20.4 Å². The van der Waals surface area contributed by atoms with E-state index in [1.807, 2.05) is 37.4 Å². The Labute approximate surface area is 203 Å². The predicted octanol–water partition coefficient (Wildman–Crippen LogP) is 3.39. The number of carbonyl (C=O) groups excluding carboxylic acids is 1. The predicted molar refractivity (Wildman–Crippen MR) is 133 cm³/mol. The van der Waals surface area contributed by atoms with Gasteiger partial charge in [-0.2, -0.15) is 4.31 Å². The third kappa shape index (κ3) is 4.55. The van der Waals surface area contributed by atoms with E-state index in [1.54, 1.807) is 25.1 Å². The number of fused-ring (bicyclic) bond motifs is 1. The Kier molecular flexibility index (Phi) is 6.10. The van der Waals surface area contributed by atoms with Gasteiger partial charge >= 0.3 is 0 Å². The van der Waals surface area contributed by atoms with Crippen LogP contribution in [0.1, 0.15) is 16.1 Å². The number of benzene rings is 2. The molecule has 0 bridgehead atoms. The average Bonchev–Trinajstić information content (AvgIpc) is 3.25. The standard InChI is InChI=1S/C25H25N5O4S/c1-17-23-21(16-22(27-25(23)34-28-17)18-6-4-3-5-7-18)24(31)26-19-8-10-20(11-9-19)35(32,33)30-14-12-29(2)13-15-30/h3-11,16H,12-15H2,1-2H3,(H,26,31). The Balaban J connectivity index is 1.41. The minimum atomic E-state index is -3.58. The molecule has 10 heteroatoms. The zero-order valence-electron chi connectivity index (χ0n) is 19.4. The molecule has 2 aromatic carbocycles. The van der Waals surface area contributed by atoms with Gasteiger partial charge in [-0.15, -0.1) is 0 Å². The molecule has 0 atom stereocenters. The monoisotopic (exact) mass is 491 g/mol. The molecule has 0 unspecified atom stereocenters. The maximum Gasteiger partial charge on any atom is 0.259 e. The lowest BCUT2D eigenvalue weighted by Gasteiger charge is -2.31. The highest BCUT2D eigenvalue weighted by Gasteiger charge is 2.27. The van der Waals surface area contributed by atoms with E-state index in [9.17, 15) is 13.2 Å². The van der Waals surface area contributed by atoms with E-state index < -0.39 is 10.0 Å². The smallest absolute Gasteiger partial charge is 0.259 e. The lowest BCUT2D eigenvalue weighted by molar-refractivity contribution is 0.102. The van der Waals surface area contributed by atoms with E-state index >= 15 is 0 Å². The fourth-order valence-electron chi connectivity index (χ4n) is 4.12. The van der Waals surface area contributed by atoms with E-state index in [0.717, 1.165) is 5.56 Å². The molecule has 1 amide bonds. The zero-order valence-corrected chi connectivity index (χ0v) is 20.2. The molecule has 0 saturated carbocycles. The second-order valence-corrected chi connectivity index (χ2v) is 10.5. The number of piperazine rings is 1. The van der Waals surface area contributed by atoms with Crippen LogP contribution in [0.4, 0.5) is 5.69 Å². The molecule has 0 aliphatic carbocycles. The van der Waals surface area contributed by atoms with Gasteiger partial charge in [0.25, 0.3) is 11.6 Å². The molecule has 0 radical (unpaired) electrons. The van der Waals surface area contributed by atoms with Crippen LogP contribution in [-0.4, -0.2) is 66.9 Å². The quantitative estimate of drug-likeness (QED) is 0.456. The number of nitrogens with one attached hydrogen (secondary N) is 1. The lowest BCUT2D eigenvalue weighted by Crippen LogP contribution is -2.46. The Bertz CT molecular complexity index is 1480. The summed E-state index contributed by atoms with van der Waals surface area (Å²) in [5.74, 6) is -0.365. The molecule has 0 spiro atoms. The SMILES string of the molecule is Cc1noc2nc(-c3ccccc3)cc(C(=O)Nc3ccc(S(=O)(=O)N4CCN(C)CC4)cc3)c12. The van der Waals surface area contributed by atoms with Crippen molar-refractivity contribution < 1.29 is 17.7 Å². The van der Waals surface area contributed by atoms with Gasteiger partial charge in [0.2, 0.25) is 10.0 Å². The summed E-state index contributed by atoms with van der Waals surface area (Å²) in [6.45, 7) is 4.06. The number of sulfonamides is 1. The van der Waals surface area contributed by atoms with Gasteiger partial charge in [-0.25, -0.2) is 13.4 Å². The third-order valence-corrected chi connectivity index (χ3v) is 8.06. The van der Waals surface area contributed by atoms with E-state index in [4.69, 9.17) is 4.52 Å². The van der Waals surface area contributed by atoms with Crippen molar-refractivity contribution in [2.24, 2.45) is 0 Å². The summed E-state index contributed by atoms with van der Waals surface area (Å²) in [4.78, 5) is 20.1. The van der Waals surface area contributed by atoms with Crippen molar-refractivity contribution >= 4 is 32.7 Å². The van der Waals surface area contributed by atoms with Crippen LogP contribution in [0.2, 0.25) is 0 Å². The molecular formula is C25H25N5O4S. The molecule has 35 heavy (non-hydrogen) atoms. The Morgan fingerprint density at radius 2 is 1.69 bits per heavy atom. The number of rotatable bonds is 5. The first-order chi connectivity index (χ1) is 16.8. The van der Waals surface area contributed by atoms with Gasteiger partial charge in [-0.05, 0) is 44.3 Å². The number of anilines is 1. The van der Waals surface area contributed by atoms with Crippen LogP contribution in [0.15, 0.2) is 70.1 Å². The maximum atomic E-state index is 13.3. The summed E-state index contributed by atoms with van der Waals surface area (Å²) < 4.78 is 32.8. The highest BCUT2D eigenvalue weighted by molar-refractivity contribution is 7.89. The summed E-state index contributed by atoms with van der Waals surface area (Å²) >= 11 is 0. The van der Waals surface area contributed by atoms with E-state index in [1.165, 1.54) is 16.4 Å². The first kappa shape index (κ1) is 23.2. The van der Waals surface area contributed by atoms with Crippen LogP contribution >= 0.6 is 0 Å². The molecule has 1 aliphatic rings. The normalized spacial score (nSPS) is 15.4. The number of hydrogen-bond acceptors (Lipinski definition) is 7. The minimum Gasteiger partial charge on any atom is -0.335 e. The molecule has 1 N–H and O–H groups in total. The maximum absolute atomic E-state index is 13.3. The van der Waals surface area contributed by atoms with Gasteiger partial charge in [0, 0.05) is 37.4 Å². The number of hydrogen-bond donors (Lipinski definition) is 1. The van der Waals surface area contributed by atoms with Crippen LogP contribution in [0.5, 0.6) is 0 Å². The van der Waals surface area contributed by atoms with E-state index in [-0.39, 0.29) is 16.5 Å². The van der Waals surface area contributed by atoms with Gasteiger partial charge in [0.1, 0.15) is 0 Å². The van der Waals surface area contributed by atoms with Gasteiger partial charge in [0.15, 0.2) is 0 Å². The van der Waals surface area contributed by atoms with Crippen molar-refractivity contribution in [3.63, 3.8) is 0 Å². The van der Waals surface area contributed by atoms with Gasteiger partial charge in [0.05, 0.1) is 27.2 Å². The van der Waals surface area contributed by atoms with Crippen LogP contribution in [0.3, 0.4) is 0 Å². The Morgan fingerprint density at radius 3 is 2.37 bits per heavy atom. The second kappa shape index (κ2) is 9.21. The fraction of sp³-hybridized carbons (Fsp3) is 0.240. The summed E-state index contributed by atoms with van der Waals surface area (Å²) in [6, 6.07) is 17.4. The number of pyridine rings is 1. The summed E-state index contributed by atoms with van der Waals surface area (Å²) in [5, 5.41) is 7.37. The van der Waals surface area contributed by atoms with Crippen molar-refractivity contribution in [2.75, 3.05) is 38.5 Å². The fourth-order valence-corrected chi connectivity index (χ4v) is 5.54. The Hall–Kier alpha value is -3.60. The minimum absolute atomic E-state index is 0.201.